The van der Waals surface area contributed by atoms with E-state index in [1.807, 2.05) is 54.6 Å². The van der Waals surface area contributed by atoms with Crippen LogP contribution in [0.3, 0.4) is 0 Å². The standard InChI is InChI=1S/C23H24N4O3/c1-30-20-12-6-5-11-19(20)27-22-18(10-7-14-24-22)23(29)25-15-13-21(28)26-16-17-8-3-2-4-9-17/h2-12,14H,13,15-16H2,1H3,(H,24,27)(H,25,29)(H,26,28). The van der Waals surface area contributed by atoms with Crippen LogP contribution in [0.15, 0.2) is 72.9 Å². The van der Waals surface area contributed by atoms with Crippen molar-refractivity contribution in [2.75, 3.05) is 19.0 Å². The van der Waals surface area contributed by atoms with Gasteiger partial charge in [-0.3, -0.25) is 9.59 Å². The lowest BCUT2D eigenvalue weighted by molar-refractivity contribution is -0.121. The van der Waals surface area contributed by atoms with Gasteiger partial charge in [0.25, 0.3) is 5.91 Å². The molecule has 0 aliphatic carbocycles. The Labute approximate surface area is 175 Å². The van der Waals surface area contributed by atoms with Gasteiger partial charge < -0.3 is 20.7 Å². The first kappa shape index (κ1) is 20.9. The van der Waals surface area contributed by atoms with Gasteiger partial charge in [-0.05, 0) is 29.8 Å². The molecule has 1 aromatic heterocycles. The van der Waals surface area contributed by atoms with Crippen molar-refractivity contribution in [1.82, 2.24) is 15.6 Å². The molecule has 0 aliphatic heterocycles. The highest BCUT2D eigenvalue weighted by molar-refractivity contribution is 5.99. The SMILES string of the molecule is COc1ccccc1Nc1ncccc1C(=O)NCCC(=O)NCc1ccccc1. The summed E-state index contributed by atoms with van der Waals surface area (Å²) in [6.07, 6.45) is 1.79. The minimum Gasteiger partial charge on any atom is -0.495 e. The van der Waals surface area contributed by atoms with Crippen LogP contribution in [-0.2, 0) is 11.3 Å². The van der Waals surface area contributed by atoms with Gasteiger partial charge in [0.15, 0.2) is 0 Å². The van der Waals surface area contributed by atoms with Crippen LogP contribution >= 0.6 is 0 Å². The summed E-state index contributed by atoms with van der Waals surface area (Å²) in [5.41, 5.74) is 2.11. The highest BCUT2D eigenvalue weighted by Gasteiger charge is 2.14. The maximum atomic E-state index is 12.6. The van der Waals surface area contributed by atoms with Crippen molar-refractivity contribution in [1.29, 1.82) is 0 Å². The summed E-state index contributed by atoms with van der Waals surface area (Å²) < 4.78 is 5.33. The lowest BCUT2D eigenvalue weighted by Gasteiger charge is -2.13. The number of aromatic nitrogens is 1. The van der Waals surface area contributed by atoms with Gasteiger partial charge in [0.2, 0.25) is 5.91 Å². The van der Waals surface area contributed by atoms with E-state index in [-0.39, 0.29) is 24.8 Å². The molecule has 0 unspecified atom stereocenters. The second kappa shape index (κ2) is 10.6. The van der Waals surface area contributed by atoms with Gasteiger partial charge in [-0.1, -0.05) is 42.5 Å². The number of carbonyl (C=O) groups is 2. The third-order valence-electron chi connectivity index (χ3n) is 4.38. The summed E-state index contributed by atoms with van der Waals surface area (Å²) in [7, 11) is 1.58. The summed E-state index contributed by atoms with van der Waals surface area (Å²) in [5, 5.41) is 8.75. The molecule has 7 nitrogen and oxygen atoms in total. The number of nitrogens with zero attached hydrogens (tertiary/aromatic N) is 1. The number of anilines is 2. The summed E-state index contributed by atoms with van der Waals surface area (Å²) in [4.78, 5) is 28.9. The molecule has 0 atom stereocenters. The minimum atomic E-state index is -0.309. The summed E-state index contributed by atoms with van der Waals surface area (Å²) in [6.45, 7) is 0.686. The number of benzene rings is 2. The summed E-state index contributed by atoms with van der Waals surface area (Å²) >= 11 is 0. The molecule has 0 fully saturated rings. The Bertz CT molecular complexity index is 993. The lowest BCUT2D eigenvalue weighted by atomic mass is 10.2. The molecule has 0 aliphatic rings. The van der Waals surface area contributed by atoms with Gasteiger partial charge in [-0.25, -0.2) is 4.98 Å². The van der Waals surface area contributed by atoms with E-state index in [4.69, 9.17) is 4.74 Å². The fourth-order valence-corrected chi connectivity index (χ4v) is 2.83. The van der Waals surface area contributed by atoms with Crippen LogP contribution in [0.25, 0.3) is 0 Å². The van der Waals surface area contributed by atoms with E-state index >= 15 is 0 Å². The Morgan fingerprint density at radius 2 is 1.70 bits per heavy atom. The predicted octanol–water partition coefficient (Wildman–Crippen LogP) is 3.27. The van der Waals surface area contributed by atoms with Crippen molar-refractivity contribution in [3.8, 4) is 5.75 Å². The predicted molar refractivity (Wildman–Crippen MR) is 116 cm³/mol. The molecule has 2 amide bonds. The Morgan fingerprint density at radius 1 is 0.933 bits per heavy atom. The number of nitrogens with one attached hydrogen (secondary N) is 3. The fraction of sp³-hybridized carbons (Fsp3) is 0.174. The first-order chi connectivity index (χ1) is 14.7. The first-order valence-corrected chi connectivity index (χ1v) is 9.61. The van der Waals surface area contributed by atoms with Gasteiger partial charge in [-0.2, -0.15) is 0 Å². The zero-order valence-electron chi connectivity index (χ0n) is 16.7. The van der Waals surface area contributed by atoms with E-state index in [0.717, 1.165) is 5.56 Å². The zero-order valence-corrected chi connectivity index (χ0v) is 16.7. The topological polar surface area (TPSA) is 92.3 Å². The average molecular weight is 404 g/mol. The van der Waals surface area contributed by atoms with E-state index in [9.17, 15) is 9.59 Å². The zero-order chi connectivity index (χ0) is 21.2. The second-order valence-corrected chi connectivity index (χ2v) is 6.49. The molecule has 0 bridgehead atoms. The first-order valence-electron chi connectivity index (χ1n) is 9.61. The second-order valence-electron chi connectivity index (χ2n) is 6.49. The van der Waals surface area contributed by atoms with Crippen LogP contribution in [0.4, 0.5) is 11.5 Å². The molecule has 0 radical (unpaired) electrons. The minimum absolute atomic E-state index is 0.127. The normalized spacial score (nSPS) is 10.2. The number of hydrogen-bond donors (Lipinski definition) is 3. The number of methoxy groups -OCH3 is 1. The van der Waals surface area contributed by atoms with Gasteiger partial charge >= 0.3 is 0 Å². The Balaban J connectivity index is 1.54. The molecule has 0 saturated heterocycles. The van der Waals surface area contributed by atoms with Gasteiger partial charge in [0.05, 0.1) is 18.4 Å². The number of hydrogen-bond acceptors (Lipinski definition) is 5. The molecule has 3 aromatic rings. The van der Waals surface area contributed by atoms with Crippen molar-refractivity contribution < 1.29 is 14.3 Å². The molecule has 1 heterocycles. The van der Waals surface area contributed by atoms with Crippen molar-refractivity contribution in [2.24, 2.45) is 0 Å². The quantitative estimate of drug-likeness (QED) is 0.509. The maximum absolute atomic E-state index is 12.6. The molecule has 3 N–H and O–H groups in total. The molecular formula is C23H24N4O3. The fourth-order valence-electron chi connectivity index (χ4n) is 2.83. The van der Waals surface area contributed by atoms with Crippen LogP contribution in [0.2, 0.25) is 0 Å². The largest absolute Gasteiger partial charge is 0.495 e. The molecule has 0 saturated carbocycles. The van der Waals surface area contributed by atoms with Crippen LogP contribution in [0.1, 0.15) is 22.3 Å². The Kier molecular flexibility index (Phi) is 7.38. The van der Waals surface area contributed by atoms with E-state index in [1.165, 1.54) is 0 Å². The number of ether oxygens (including phenoxy) is 1. The van der Waals surface area contributed by atoms with Crippen LogP contribution in [-0.4, -0.2) is 30.5 Å². The molecule has 2 aromatic carbocycles. The smallest absolute Gasteiger partial charge is 0.255 e. The van der Waals surface area contributed by atoms with Crippen molar-refractivity contribution in [2.45, 2.75) is 13.0 Å². The highest BCUT2D eigenvalue weighted by atomic mass is 16.5. The van der Waals surface area contributed by atoms with Crippen molar-refractivity contribution in [3.05, 3.63) is 84.1 Å². The number of amides is 2. The number of carbonyl (C=O) groups excluding carboxylic acids is 2. The van der Waals surface area contributed by atoms with Crippen LogP contribution in [0, 0.1) is 0 Å². The highest BCUT2D eigenvalue weighted by Crippen LogP contribution is 2.27. The van der Waals surface area contributed by atoms with Crippen LogP contribution < -0.4 is 20.7 Å². The lowest BCUT2D eigenvalue weighted by Crippen LogP contribution is -2.30. The van der Waals surface area contributed by atoms with E-state index in [1.54, 1.807) is 25.4 Å². The van der Waals surface area contributed by atoms with E-state index < -0.39 is 0 Å². The third kappa shape index (κ3) is 5.81. The summed E-state index contributed by atoms with van der Waals surface area (Å²) in [5.74, 6) is 0.617. The van der Waals surface area contributed by atoms with E-state index in [2.05, 4.69) is 20.9 Å². The number of pyridine rings is 1. The molecular weight excluding hydrogens is 380 g/mol. The monoisotopic (exact) mass is 404 g/mol. The maximum Gasteiger partial charge on any atom is 0.255 e. The molecule has 154 valence electrons. The van der Waals surface area contributed by atoms with Gasteiger partial charge in [0, 0.05) is 25.7 Å². The van der Waals surface area contributed by atoms with Crippen LogP contribution in [0.5, 0.6) is 5.75 Å². The third-order valence-corrected chi connectivity index (χ3v) is 4.38. The Hall–Kier alpha value is -3.87. The molecule has 30 heavy (non-hydrogen) atoms. The molecule has 7 heteroatoms. The van der Waals surface area contributed by atoms with Gasteiger partial charge in [0.1, 0.15) is 11.6 Å². The van der Waals surface area contributed by atoms with Crippen molar-refractivity contribution >= 4 is 23.3 Å². The van der Waals surface area contributed by atoms with Crippen molar-refractivity contribution in [3.63, 3.8) is 0 Å². The van der Waals surface area contributed by atoms with Gasteiger partial charge in [-0.15, -0.1) is 0 Å². The number of rotatable bonds is 9. The molecule has 3 rings (SSSR count). The molecule has 0 spiro atoms. The van der Waals surface area contributed by atoms with E-state index in [0.29, 0.717) is 29.4 Å². The number of para-hydroxylation sites is 2. The average Bonchev–Trinajstić information content (AvgIpc) is 2.79. The Morgan fingerprint density at radius 3 is 2.50 bits per heavy atom. The summed E-state index contributed by atoms with van der Waals surface area (Å²) in [6, 6.07) is 20.4.